The molecule has 2 amide bonds. The number of carboxylic acid groups (broad SMARTS) is 1. The predicted octanol–water partition coefficient (Wildman–Crippen LogP) is 6.08. The van der Waals surface area contributed by atoms with Crippen molar-refractivity contribution in [3.05, 3.63) is 132 Å². The number of hydrogen-bond donors (Lipinski definition) is 2. The molecule has 9 nitrogen and oxygen atoms in total. The maximum absolute atomic E-state index is 14.3. The summed E-state index contributed by atoms with van der Waals surface area (Å²) in [7, 11) is 2.93. The lowest BCUT2D eigenvalue weighted by Gasteiger charge is -2.28. The van der Waals surface area contributed by atoms with Crippen LogP contribution in [0.4, 0.5) is 10.5 Å². The van der Waals surface area contributed by atoms with E-state index < -0.39 is 24.0 Å². The van der Waals surface area contributed by atoms with Crippen molar-refractivity contribution in [3.63, 3.8) is 0 Å². The molecular formula is C34H30N4O5. The van der Waals surface area contributed by atoms with Gasteiger partial charge in [0.2, 0.25) is 0 Å². The van der Waals surface area contributed by atoms with E-state index in [0.29, 0.717) is 33.4 Å². The number of aliphatic carboxylic acids is 1. The molecule has 2 N–H and O–H groups in total. The number of methoxy groups -OCH3 is 1. The first-order valence-electron chi connectivity index (χ1n) is 13.6. The van der Waals surface area contributed by atoms with Gasteiger partial charge in [-0.2, -0.15) is 5.01 Å². The molecule has 0 aliphatic rings. The molecule has 0 unspecified atom stereocenters. The van der Waals surface area contributed by atoms with Crippen LogP contribution in [-0.2, 0) is 16.1 Å². The summed E-state index contributed by atoms with van der Waals surface area (Å²) in [4.78, 5) is 46.3. The van der Waals surface area contributed by atoms with Gasteiger partial charge in [-0.05, 0) is 30.8 Å². The Kier molecular flexibility index (Phi) is 8.74. The van der Waals surface area contributed by atoms with Gasteiger partial charge in [-0.1, -0.05) is 97.1 Å². The summed E-state index contributed by atoms with van der Waals surface area (Å²) in [6.07, 6.45) is -0.783. The quantitative estimate of drug-likeness (QED) is 0.216. The van der Waals surface area contributed by atoms with Gasteiger partial charge in [0, 0.05) is 23.1 Å². The second-order valence-corrected chi connectivity index (χ2v) is 9.85. The zero-order valence-electron chi connectivity index (χ0n) is 23.7. The molecule has 0 radical (unpaired) electrons. The molecule has 0 saturated heterocycles. The van der Waals surface area contributed by atoms with Crippen molar-refractivity contribution >= 4 is 34.6 Å². The van der Waals surface area contributed by atoms with E-state index in [0.717, 1.165) is 10.6 Å². The van der Waals surface area contributed by atoms with E-state index in [-0.39, 0.29) is 12.1 Å². The average molecular weight is 575 g/mol. The summed E-state index contributed by atoms with van der Waals surface area (Å²) < 4.78 is 4.97. The van der Waals surface area contributed by atoms with E-state index in [4.69, 9.17) is 9.72 Å². The molecule has 9 heteroatoms. The van der Waals surface area contributed by atoms with Crippen molar-refractivity contribution in [1.82, 2.24) is 15.3 Å². The van der Waals surface area contributed by atoms with Gasteiger partial charge in [0.1, 0.15) is 6.04 Å². The first-order chi connectivity index (χ1) is 20.9. The second-order valence-electron chi connectivity index (χ2n) is 9.85. The summed E-state index contributed by atoms with van der Waals surface area (Å²) in [6.45, 7) is 0.0558. The number of rotatable bonds is 8. The number of amides is 2. The minimum atomic E-state index is -1.03. The Morgan fingerprint density at radius 1 is 0.837 bits per heavy atom. The number of hydrogen-bond acceptors (Lipinski definition) is 6. The first kappa shape index (κ1) is 29.0. The average Bonchev–Trinajstić information content (AvgIpc) is 3.04. The summed E-state index contributed by atoms with van der Waals surface area (Å²) in [5.41, 5.74) is 6.34. The van der Waals surface area contributed by atoms with Gasteiger partial charge < -0.3 is 9.84 Å². The van der Waals surface area contributed by atoms with E-state index in [1.54, 1.807) is 78.7 Å². The summed E-state index contributed by atoms with van der Waals surface area (Å²) >= 11 is 0. The number of aromatic nitrogens is 1. The molecular weight excluding hydrogens is 544 g/mol. The normalized spacial score (nSPS) is 11.6. The number of carboxylic acids is 1. The number of nitrogens with one attached hydrogen (secondary N) is 1. The number of carbonyl (C=O) groups is 3. The van der Waals surface area contributed by atoms with Gasteiger partial charge >= 0.3 is 12.1 Å². The van der Waals surface area contributed by atoms with E-state index >= 15 is 0 Å². The molecule has 5 rings (SSSR count). The monoisotopic (exact) mass is 574 g/mol. The van der Waals surface area contributed by atoms with E-state index in [2.05, 4.69) is 5.43 Å². The Balaban J connectivity index is 1.69. The van der Waals surface area contributed by atoms with Gasteiger partial charge in [0.25, 0.3) is 5.91 Å². The Labute approximate surface area is 248 Å². The Morgan fingerprint density at radius 3 is 2.05 bits per heavy atom. The zero-order valence-corrected chi connectivity index (χ0v) is 23.7. The number of para-hydroxylation sites is 2. The molecule has 0 spiro atoms. The Hall–Kier alpha value is -5.54. The molecule has 0 fully saturated rings. The maximum Gasteiger partial charge on any atom is 0.433 e. The van der Waals surface area contributed by atoms with Crippen LogP contribution in [0.2, 0.25) is 0 Å². The van der Waals surface area contributed by atoms with Crippen molar-refractivity contribution in [2.75, 3.05) is 19.2 Å². The number of likely N-dealkylation sites (N-methyl/N-ethyl adjacent to an activating group) is 1. The fourth-order valence-electron chi connectivity index (χ4n) is 5.10. The summed E-state index contributed by atoms with van der Waals surface area (Å²) in [5, 5.41) is 11.8. The molecule has 1 atom stereocenters. The number of carbonyl (C=O) groups excluding carboxylic acids is 2. The molecule has 1 heterocycles. The first-order valence-corrected chi connectivity index (χ1v) is 13.6. The minimum absolute atomic E-state index is 0.0558. The van der Waals surface area contributed by atoms with Crippen LogP contribution >= 0.6 is 0 Å². The van der Waals surface area contributed by atoms with Crippen LogP contribution in [0.25, 0.3) is 22.2 Å². The van der Waals surface area contributed by atoms with Crippen molar-refractivity contribution in [3.8, 4) is 11.3 Å². The molecule has 4 aromatic carbocycles. The fraction of sp³-hybridized carbons (Fsp3) is 0.118. The number of pyridine rings is 1. The van der Waals surface area contributed by atoms with Crippen LogP contribution in [0.1, 0.15) is 27.5 Å². The van der Waals surface area contributed by atoms with Crippen molar-refractivity contribution in [2.45, 2.75) is 12.6 Å². The topological polar surface area (TPSA) is 112 Å². The largest absolute Gasteiger partial charge is 0.480 e. The molecule has 0 bridgehead atoms. The van der Waals surface area contributed by atoms with Gasteiger partial charge in [-0.15, -0.1) is 0 Å². The minimum Gasteiger partial charge on any atom is -0.480 e. The third kappa shape index (κ3) is 6.22. The highest BCUT2D eigenvalue weighted by Gasteiger charge is 2.30. The van der Waals surface area contributed by atoms with Gasteiger partial charge in [0.05, 0.1) is 29.6 Å². The Morgan fingerprint density at radius 2 is 1.42 bits per heavy atom. The van der Waals surface area contributed by atoms with Crippen LogP contribution < -0.4 is 10.4 Å². The van der Waals surface area contributed by atoms with E-state index in [1.165, 1.54) is 7.11 Å². The number of benzene rings is 4. The van der Waals surface area contributed by atoms with Gasteiger partial charge in [0.15, 0.2) is 0 Å². The van der Waals surface area contributed by atoms with Crippen LogP contribution in [0.5, 0.6) is 0 Å². The highest BCUT2D eigenvalue weighted by molar-refractivity contribution is 6.10. The van der Waals surface area contributed by atoms with Crippen LogP contribution in [0.3, 0.4) is 0 Å². The van der Waals surface area contributed by atoms with Crippen molar-refractivity contribution in [1.29, 1.82) is 0 Å². The van der Waals surface area contributed by atoms with Gasteiger partial charge in [-0.3, -0.25) is 19.9 Å². The molecule has 1 aromatic heterocycles. The molecule has 0 saturated carbocycles. The number of ether oxygens (including phenoxy) is 1. The van der Waals surface area contributed by atoms with Crippen molar-refractivity contribution in [2.24, 2.45) is 0 Å². The fourth-order valence-corrected chi connectivity index (χ4v) is 5.10. The van der Waals surface area contributed by atoms with Crippen LogP contribution in [-0.4, -0.2) is 47.1 Å². The summed E-state index contributed by atoms with van der Waals surface area (Å²) in [6, 6.07) is 33.2. The lowest BCUT2D eigenvalue weighted by atomic mass is 9.95. The number of anilines is 1. The highest BCUT2D eigenvalue weighted by Crippen LogP contribution is 2.33. The molecule has 0 aliphatic heterocycles. The number of fused-ring (bicyclic) bond motifs is 1. The second kappa shape index (κ2) is 13.0. The van der Waals surface area contributed by atoms with Crippen molar-refractivity contribution < 1.29 is 24.2 Å². The SMILES string of the molecule is COC(=O)N(NC(=O)c1c(CN(C)[C@H](C(=O)O)c2ccccc2)c(-c2ccccc2)nc2ccccc12)c1ccccc1. The lowest BCUT2D eigenvalue weighted by molar-refractivity contribution is -0.143. The van der Waals surface area contributed by atoms with Crippen LogP contribution in [0, 0.1) is 0 Å². The lowest BCUT2D eigenvalue weighted by Crippen LogP contribution is -2.47. The summed E-state index contributed by atoms with van der Waals surface area (Å²) in [5.74, 6) is -1.62. The maximum atomic E-state index is 14.3. The molecule has 5 aromatic rings. The van der Waals surface area contributed by atoms with Gasteiger partial charge in [-0.25, -0.2) is 9.78 Å². The highest BCUT2D eigenvalue weighted by atomic mass is 16.5. The van der Waals surface area contributed by atoms with E-state index in [1.807, 2.05) is 48.5 Å². The zero-order chi connectivity index (χ0) is 30.3. The predicted molar refractivity (Wildman–Crippen MR) is 164 cm³/mol. The molecule has 43 heavy (non-hydrogen) atoms. The number of nitrogens with zero attached hydrogens (tertiary/aromatic N) is 3. The number of hydrazine groups is 1. The standard InChI is InChI=1S/C34H30N4O5/c1-37(31(33(40)41)24-16-8-4-9-17-24)22-27-29(32(39)36-38(34(42)43-2)25-18-10-5-11-19-25)26-20-12-13-21-28(26)35-30(27)23-14-6-3-7-15-23/h3-21,31H,22H2,1-2H3,(H,36,39)(H,40,41)/t31-/m0/s1. The third-order valence-corrected chi connectivity index (χ3v) is 7.05. The van der Waals surface area contributed by atoms with E-state index in [9.17, 15) is 19.5 Å². The van der Waals surface area contributed by atoms with Crippen LogP contribution in [0.15, 0.2) is 115 Å². The smallest absolute Gasteiger partial charge is 0.433 e. The Bertz CT molecular complexity index is 1750. The molecule has 0 aliphatic carbocycles. The third-order valence-electron chi connectivity index (χ3n) is 7.05. The molecule has 216 valence electrons.